The number of carboxylic acid groups (broad SMARTS) is 1. The van der Waals surface area contributed by atoms with E-state index in [1.165, 1.54) is 7.05 Å². The van der Waals surface area contributed by atoms with E-state index in [2.05, 4.69) is 5.32 Å². The number of hydrogen-bond acceptors (Lipinski definition) is 4. The molecule has 1 unspecified atom stereocenters. The number of unbranched alkanes of at least 4 members (excludes halogenated alkanes) is 1. The number of rotatable bonds is 6. The molecule has 0 aromatic heterocycles. The molecule has 82 valence electrons. The second-order valence-corrected chi connectivity index (χ2v) is 3.10. The van der Waals surface area contributed by atoms with Gasteiger partial charge in [0.2, 0.25) is 0 Å². The molecular weight excluding hydrogens is 186 g/mol. The van der Waals surface area contributed by atoms with Crippen molar-refractivity contribution in [3.63, 3.8) is 0 Å². The SMILES string of the molecule is CNC(=O)C(N)(CCCCN)C(=O)O. The van der Waals surface area contributed by atoms with E-state index in [4.69, 9.17) is 16.6 Å². The maximum Gasteiger partial charge on any atom is 0.333 e. The van der Waals surface area contributed by atoms with E-state index in [-0.39, 0.29) is 6.42 Å². The van der Waals surface area contributed by atoms with Crippen molar-refractivity contribution in [1.29, 1.82) is 0 Å². The smallest absolute Gasteiger partial charge is 0.333 e. The van der Waals surface area contributed by atoms with E-state index >= 15 is 0 Å². The monoisotopic (exact) mass is 203 g/mol. The Hall–Kier alpha value is -1.14. The minimum absolute atomic E-state index is 0.0964. The van der Waals surface area contributed by atoms with Crippen molar-refractivity contribution < 1.29 is 14.7 Å². The van der Waals surface area contributed by atoms with Crippen LogP contribution in [-0.4, -0.2) is 36.1 Å². The lowest BCUT2D eigenvalue weighted by molar-refractivity contribution is -0.149. The van der Waals surface area contributed by atoms with Crippen molar-refractivity contribution in [2.45, 2.75) is 24.8 Å². The summed E-state index contributed by atoms with van der Waals surface area (Å²) in [4.78, 5) is 22.0. The molecule has 0 rings (SSSR count). The van der Waals surface area contributed by atoms with Gasteiger partial charge in [0.25, 0.3) is 5.91 Å². The van der Waals surface area contributed by atoms with Crippen LogP contribution in [0.25, 0.3) is 0 Å². The Morgan fingerprint density at radius 2 is 2.00 bits per heavy atom. The number of hydrogen-bond donors (Lipinski definition) is 4. The lowest BCUT2D eigenvalue weighted by Gasteiger charge is -2.22. The van der Waals surface area contributed by atoms with Gasteiger partial charge >= 0.3 is 5.97 Å². The molecule has 0 aromatic rings. The maximum absolute atomic E-state index is 11.2. The number of carbonyl (C=O) groups excluding carboxylic acids is 1. The average Bonchev–Trinajstić information content (AvgIpc) is 2.16. The zero-order chi connectivity index (χ0) is 11.2. The third kappa shape index (κ3) is 2.97. The molecule has 1 amide bonds. The molecule has 0 radical (unpaired) electrons. The first-order valence-electron chi connectivity index (χ1n) is 4.43. The fraction of sp³-hybridized carbons (Fsp3) is 0.750. The fourth-order valence-corrected chi connectivity index (χ4v) is 1.09. The molecule has 0 heterocycles. The van der Waals surface area contributed by atoms with Crippen molar-refractivity contribution in [2.24, 2.45) is 11.5 Å². The van der Waals surface area contributed by atoms with Gasteiger partial charge in [-0.25, -0.2) is 4.79 Å². The molecule has 0 bridgehead atoms. The van der Waals surface area contributed by atoms with Crippen LogP contribution in [0.4, 0.5) is 0 Å². The first-order chi connectivity index (χ1) is 6.49. The first kappa shape index (κ1) is 12.9. The number of nitrogens with one attached hydrogen (secondary N) is 1. The second kappa shape index (κ2) is 5.56. The highest BCUT2D eigenvalue weighted by molar-refractivity contribution is 6.06. The van der Waals surface area contributed by atoms with Crippen LogP contribution >= 0.6 is 0 Å². The summed E-state index contributed by atoms with van der Waals surface area (Å²) in [5.74, 6) is -1.99. The van der Waals surface area contributed by atoms with Gasteiger partial charge in [-0.05, 0) is 25.8 Å². The number of likely N-dealkylation sites (N-methyl/N-ethyl adjacent to an activating group) is 1. The van der Waals surface area contributed by atoms with Gasteiger partial charge in [0.05, 0.1) is 0 Å². The van der Waals surface area contributed by atoms with Crippen molar-refractivity contribution >= 4 is 11.9 Å². The summed E-state index contributed by atoms with van der Waals surface area (Å²) in [6.07, 6.45) is 1.27. The van der Waals surface area contributed by atoms with Gasteiger partial charge in [0.1, 0.15) is 0 Å². The predicted molar refractivity (Wildman–Crippen MR) is 51.5 cm³/mol. The van der Waals surface area contributed by atoms with Crippen LogP contribution < -0.4 is 16.8 Å². The van der Waals surface area contributed by atoms with E-state index in [0.29, 0.717) is 19.4 Å². The van der Waals surface area contributed by atoms with Crippen LogP contribution in [0, 0.1) is 0 Å². The number of aliphatic carboxylic acids is 1. The molecule has 6 N–H and O–H groups in total. The summed E-state index contributed by atoms with van der Waals surface area (Å²) < 4.78 is 0. The number of amides is 1. The lowest BCUT2D eigenvalue weighted by atomic mass is 9.93. The number of carbonyl (C=O) groups is 2. The second-order valence-electron chi connectivity index (χ2n) is 3.10. The maximum atomic E-state index is 11.2. The normalized spacial score (nSPS) is 14.5. The summed E-state index contributed by atoms with van der Waals surface area (Å²) in [7, 11) is 1.36. The predicted octanol–water partition coefficient (Wildman–Crippen LogP) is -1.36. The van der Waals surface area contributed by atoms with Gasteiger partial charge < -0.3 is 21.9 Å². The van der Waals surface area contributed by atoms with Crippen LogP contribution in [0.2, 0.25) is 0 Å². The van der Waals surface area contributed by atoms with Gasteiger partial charge in [-0.15, -0.1) is 0 Å². The summed E-state index contributed by atoms with van der Waals surface area (Å²) in [6.45, 7) is 0.462. The molecule has 0 aliphatic carbocycles. The Labute approximate surface area is 82.6 Å². The summed E-state index contributed by atoms with van der Waals surface area (Å²) in [5.41, 5.74) is 8.91. The van der Waals surface area contributed by atoms with Gasteiger partial charge in [0.15, 0.2) is 5.54 Å². The molecular formula is C8H17N3O3. The van der Waals surface area contributed by atoms with E-state index in [0.717, 1.165) is 0 Å². The Balaban J connectivity index is 4.40. The van der Waals surface area contributed by atoms with Gasteiger partial charge in [0, 0.05) is 7.05 Å². The quantitative estimate of drug-likeness (QED) is 0.314. The largest absolute Gasteiger partial charge is 0.479 e. The first-order valence-corrected chi connectivity index (χ1v) is 4.43. The van der Waals surface area contributed by atoms with Crippen LogP contribution in [0.3, 0.4) is 0 Å². The Bertz CT molecular complexity index is 220. The number of nitrogens with two attached hydrogens (primary N) is 2. The molecule has 0 aliphatic heterocycles. The summed E-state index contributed by atoms with van der Waals surface area (Å²) in [6, 6.07) is 0. The third-order valence-electron chi connectivity index (χ3n) is 2.04. The minimum atomic E-state index is -1.83. The highest BCUT2D eigenvalue weighted by atomic mass is 16.4. The van der Waals surface area contributed by atoms with E-state index < -0.39 is 17.4 Å². The lowest BCUT2D eigenvalue weighted by Crippen LogP contribution is -2.58. The molecule has 0 fully saturated rings. The number of carboxylic acids is 1. The van der Waals surface area contributed by atoms with E-state index in [1.54, 1.807) is 0 Å². The molecule has 0 saturated heterocycles. The van der Waals surface area contributed by atoms with Crippen LogP contribution in [0.1, 0.15) is 19.3 Å². The van der Waals surface area contributed by atoms with Crippen molar-refractivity contribution in [2.75, 3.05) is 13.6 Å². The molecule has 0 spiro atoms. The summed E-state index contributed by atoms with van der Waals surface area (Å²) >= 11 is 0. The summed E-state index contributed by atoms with van der Waals surface area (Å²) in [5, 5.41) is 11.1. The van der Waals surface area contributed by atoms with Gasteiger partial charge in [-0.1, -0.05) is 0 Å². The van der Waals surface area contributed by atoms with E-state index in [9.17, 15) is 9.59 Å². The Morgan fingerprint density at radius 3 is 2.36 bits per heavy atom. The molecule has 0 aromatic carbocycles. The Morgan fingerprint density at radius 1 is 1.43 bits per heavy atom. The topological polar surface area (TPSA) is 118 Å². The average molecular weight is 203 g/mol. The van der Waals surface area contributed by atoms with Crippen molar-refractivity contribution in [3.8, 4) is 0 Å². The zero-order valence-corrected chi connectivity index (χ0v) is 8.25. The fourth-order valence-electron chi connectivity index (χ4n) is 1.09. The zero-order valence-electron chi connectivity index (χ0n) is 8.25. The Kier molecular flexibility index (Phi) is 5.11. The standard InChI is InChI=1S/C8H17N3O3/c1-11-6(12)8(10,7(13)14)4-2-3-5-9/h2-5,9-10H2,1H3,(H,11,12)(H,13,14). The molecule has 0 saturated carbocycles. The van der Waals surface area contributed by atoms with Crippen molar-refractivity contribution in [1.82, 2.24) is 5.32 Å². The van der Waals surface area contributed by atoms with Crippen LogP contribution in [-0.2, 0) is 9.59 Å². The van der Waals surface area contributed by atoms with Gasteiger partial charge in [-0.3, -0.25) is 4.79 Å². The van der Waals surface area contributed by atoms with Gasteiger partial charge in [-0.2, -0.15) is 0 Å². The van der Waals surface area contributed by atoms with Crippen LogP contribution in [0.5, 0.6) is 0 Å². The minimum Gasteiger partial charge on any atom is -0.479 e. The molecule has 6 nitrogen and oxygen atoms in total. The molecule has 0 aliphatic rings. The van der Waals surface area contributed by atoms with Crippen molar-refractivity contribution in [3.05, 3.63) is 0 Å². The third-order valence-corrected chi connectivity index (χ3v) is 2.04. The highest BCUT2D eigenvalue weighted by Gasteiger charge is 2.40. The van der Waals surface area contributed by atoms with Crippen LogP contribution in [0.15, 0.2) is 0 Å². The molecule has 14 heavy (non-hydrogen) atoms. The molecule has 6 heteroatoms. The highest BCUT2D eigenvalue weighted by Crippen LogP contribution is 2.11. The van der Waals surface area contributed by atoms with E-state index in [1.807, 2.05) is 0 Å². The molecule has 1 atom stereocenters.